The second-order valence-electron chi connectivity index (χ2n) is 14.2. The highest BCUT2D eigenvalue weighted by Gasteiger charge is 2.58. The number of hydrogen-bond acceptors (Lipinski definition) is 6. The van der Waals surface area contributed by atoms with Crippen molar-refractivity contribution in [3.63, 3.8) is 0 Å². The lowest BCUT2D eigenvalue weighted by Crippen LogP contribution is -2.61. The van der Waals surface area contributed by atoms with Gasteiger partial charge in [-0.05, 0) is 105 Å². The summed E-state index contributed by atoms with van der Waals surface area (Å²) in [7, 11) is 3.21. The van der Waals surface area contributed by atoms with Crippen molar-refractivity contribution in [1.29, 1.82) is 0 Å². The van der Waals surface area contributed by atoms with Crippen LogP contribution >= 0.6 is 0 Å². The number of benzene rings is 2. The molecule has 0 radical (unpaired) electrons. The summed E-state index contributed by atoms with van der Waals surface area (Å²) in [5.41, 5.74) is 1.08. The van der Waals surface area contributed by atoms with E-state index in [1.54, 1.807) is 19.1 Å². The summed E-state index contributed by atoms with van der Waals surface area (Å²) in [6, 6.07) is 15.8. The number of nitrogens with one attached hydrogen (secondary N) is 1. The van der Waals surface area contributed by atoms with Gasteiger partial charge in [-0.2, -0.15) is 0 Å². The third-order valence-corrected chi connectivity index (χ3v) is 11.5. The molecule has 2 aromatic rings. The molecule has 6 aliphatic rings. The van der Waals surface area contributed by atoms with Crippen molar-refractivity contribution in [1.82, 2.24) is 15.1 Å². The van der Waals surface area contributed by atoms with Crippen LogP contribution in [-0.2, 0) is 20.8 Å². The Morgan fingerprint density at radius 1 is 0.889 bits per heavy atom. The van der Waals surface area contributed by atoms with Crippen LogP contribution in [0, 0.1) is 23.2 Å². The molecule has 8 rings (SSSR count). The molecular formula is C36H46N4O5. The zero-order valence-corrected chi connectivity index (χ0v) is 26.6. The van der Waals surface area contributed by atoms with Gasteiger partial charge in [-0.3, -0.25) is 14.4 Å². The highest BCUT2D eigenvalue weighted by atomic mass is 16.5. The summed E-state index contributed by atoms with van der Waals surface area (Å²) in [6.45, 7) is 1.98. The van der Waals surface area contributed by atoms with Gasteiger partial charge in [0.25, 0.3) is 5.91 Å². The van der Waals surface area contributed by atoms with Crippen LogP contribution in [0.25, 0.3) is 0 Å². The van der Waals surface area contributed by atoms with Gasteiger partial charge in [0.05, 0.1) is 26.3 Å². The molecule has 2 aromatic carbocycles. The van der Waals surface area contributed by atoms with Crippen LogP contribution in [0.5, 0.6) is 11.5 Å². The van der Waals surface area contributed by atoms with Crippen LogP contribution in [0.2, 0.25) is 0 Å². The monoisotopic (exact) mass is 614 g/mol. The first kappa shape index (κ1) is 29.9. The molecular weight excluding hydrogens is 568 g/mol. The average molecular weight is 615 g/mol. The van der Waals surface area contributed by atoms with Gasteiger partial charge in [0.2, 0.25) is 11.8 Å². The van der Waals surface area contributed by atoms with Gasteiger partial charge in [-0.25, -0.2) is 0 Å². The van der Waals surface area contributed by atoms with Gasteiger partial charge in [0, 0.05) is 25.3 Å². The number of carbonyl (C=O) groups is 3. The predicted octanol–water partition coefficient (Wildman–Crippen LogP) is 4.25. The zero-order valence-electron chi connectivity index (χ0n) is 26.6. The van der Waals surface area contributed by atoms with Crippen molar-refractivity contribution >= 4 is 23.4 Å². The highest BCUT2D eigenvalue weighted by molar-refractivity contribution is 5.96. The lowest BCUT2D eigenvalue weighted by atomic mass is 9.49. The number of methoxy groups -OCH3 is 2. The minimum Gasteiger partial charge on any atom is -0.493 e. The first-order chi connectivity index (χ1) is 21.8. The molecule has 45 heavy (non-hydrogen) atoms. The Hall–Kier alpha value is -3.75. The Kier molecular flexibility index (Phi) is 7.90. The Morgan fingerprint density at radius 3 is 2.16 bits per heavy atom. The fraction of sp³-hybridized carbons (Fsp3) is 0.583. The molecule has 2 saturated heterocycles. The molecule has 6 fully saturated rings. The molecule has 2 heterocycles. The van der Waals surface area contributed by atoms with Gasteiger partial charge in [-0.15, -0.1) is 0 Å². The van der Waals surface area contributed by atoms with E-state index in [1.165, 1.54) is 19.3 Å². The van der Waals surface area contributed by atoms with Gasteiger partial charge >= 0.3 is 0 Å². The van der Waals surface area contributed by atoms with E-state index < -0.39 is 5.54 Å². The van der Waals surface area contributed by atoms with Crippen LogP contribution in [-0.4, -0.2) is 80.1 Å². The molecule has 240 valence electrons. The number of ether oxygens (including phenoxy) is 2. The van der Waals surface area contributed by atoms with Gasteiger partial charge < -0.3 is 29.5 Å². The first-order valence-electron chi connectivity index (χ1n) is 16.7. The molecule has 0 aromatic heterocycles. The summed E-state index contributed by atoms with van der Waals surface area (Å²) in [6.07, 6.45) is 8.91. The van der Waals surface area contributed by atoms with E-state index in [4.69, 9.17) is 9.47 Å². The maximum Gasteiger partial charge on any atom is 0.250 e. The minimum atomic E-state index is -0.750. The Morgan fingerprint density at radius 2 is 1.53 bits per heavy atom. The Labute approximate surface area is 266 Å². The average Bonchev–Trinajstić information content (AvgIpc) is 3.30. The highest BCUT2D eigenvalue weighted by Crippen LogP contribution is 2.60. The summed E-state index contributed by atoms with van der Waals surface area (Å²) >= 11 is 0. The maximum atomic E-state index is 14.2. The third kappa shape index (κ3) is 5.42. The summed E-state index contributed by atoms with van der Waals surface area (Å²) in [4.78, 5) is 47.4. The smallest absolute Gasteiger partial charge is 0.250 e. The number of carbonyl (C=O) groups excluding carboxylic acids is 3. The zero-order chi connectivity index (χ0) is 31.2. The van der Waals surface area contributed by atoms with Crippen molar-refractivity contribution < 1.29 is 23.9 Å². The fourth-order valence-corrected chi connectivity index (χ4v) is 9.72. The summed E-state index contributed by atoms with van der Waals surface area (Å²) in [5.74, 6) is 3.64. The normalized spacial score (nSPS) is 28.1. The quantitative estimate of drug-likeness (QED) is 0.455. The van der Waals surface area contributed by atoms with Gasteiger partial charge in [-0.1, -0.05) is 24.3 Å². The molecule has 9 heteroatoms. The van der Waals surface area contributed by atoms with E-state index in [9.17, 15) is 14.4 Å². The molecule has 2 aliphatic heterocycles. The van der Waals surface area contributed by atoms with Crippen LogP contribution in [0.3, 0.4) is 0 Å². The maximum absolute atomic E-state index is 14.2. The van der Waals surface area contributed by atoms with Crippen molar-refractivity contribution in [2.24, 2.45) is 23.2 Å². The lowest BCUT2D eigenvalue weighted by Gasteiger charge is -2.57. The second-order valence-corrected chi connectivity index (χ2v) is 14.2. The number of rotatable bonds is 9. The van der Waals surface area contributed by atoms with Crippen LogP contribution in [0.15, 0.2) is 48.5 Å². The van der Waals surface area contributed by atoms with Gasteiger partial charge in [0.15, 0.2) is 11.5 Å². The Balaban J connectivity index is 1.01. The SMILES string of the molecule is COc1ccc(CCNC(=O)CN2CN(c3ccccc3)C3(CCN(C(=O)C45CC6CC(CC(C6)C4)C5)CC3)C2=O)cc1OC. The number of hydrogen-bond donors (Lipinski definition) is 1. The molecule has 4 saturated carbocycles. The molecule has 3 amide bonds. The summed E-state index contributed by atoms with van der Waals surface area (Å²) < 4.78 is 10.7. The number of amides is 3. The van der Waals surface area contributed by atoms with E-state index in [-0.39, 0.29) is 23.8 Å². The van der Waals surface area contributed by atoms with Crippen molar-refractivity contribution in [2.75, 3.05) is 52.0 Å². The Bertz CT molecular complexity index is 1400. The lowest BCUT2D eigenvalue weighted by molar-refractivity contribution is -0.160. The number of likely N-dealkylation sites (tertiary alicyclic amines) is 1. The molecule has 9 nitrogen and oxygen atoms in total. The van der Waals surface area contributed by atoms with Crippen LogP contribution in [0.4, 0.5) is 5.69 Å². The number of anilines is 1. The molecule has 1 spiro atoms. The summed E-state index contributed by atoms with van der Waals surface area (Å²) in [5, 5.41) is 3.00. The van der Waals surface area contributed by atoms with Crippen molar-refractivity contribution in [3.8, 4) is 11.5 Å². The standard InChI is InChI=1S/C36H46N4O5/c1-44-30-9-8-25(19-31(30)45-2)10-13-37-32(41)23-39-24-40(29-6-4-3-5-7-29)36(34(39)43)11-14-38(15-12-36)33(42)35-20-26-16-27(21-35)18-28(17-26)22-35/h3-9,19,26-28H,10-18,20-24H2,1-2H3,(H,37,41). The van der Waals surface area contributed by atoms with E-state index in [1.807, 2.05) is 48.5 Å². The minimum absolute atomic E-state index is 0.00573. The van der Waals surface area contributed by atoms with Gasteiger partial charge in [0.1, 0.15) is 12.1 Å². The van der Waals surface area contributed by atoms with Crippen LogP contribution in [0.1, 0.15) is 56.9 Å². The van der Waals surface area contributed by atoms with Crippen molar-refractivity contribution in [3.05, 3.63) is 54.1 Å². The molecule has 0 unspecified atom stereocenters. The number of nitrogens with zero attached hydrogens (tertiary/aromatic N) is 3. The fourth-order valence-electron chi connectivity index (χ4n) is 9.72. The number of piperidine rings is 1. The van der Waals surface area contributed by atoms with E-state index in [0.717, 1.165) is 48.3 Å². The molecule has 0 atom stereocenters. The second kappa shape index (κ2) is 11.9. The first-order valence-corrected chi connectivity index (χ1v) is 16.7. The molecule has 4 aliphatic carbocycles. The van der Waals surface area contributed by atoms with Crippen LogP contribution < -0.4 is 19.7 Å². The predicted molar refractivity (Wildman–Crippen MR) is 171 cm³/mol. The van der Waals surface area contributed by atoms with E-state index in [0.29, 0.717) is 63.0 Å². The van der Waals surface area contributed by atoms with E-state index >= 15 is 0 Å². The topological polar surface area (TPSA) is 91.4 Å². The molecule has 4 bridgehead atoms. The molecule has 1 N–H and O–H groups in total. The van der Waals surface area contributed by atoms with Crippen molar-refractivity contribution in [2.45, 2.75) is 63.3 Å². The largest absolute Gasteiger partial charge is 0.493 e. The number of para-hydroxylation sites is 1. The van der Waals surface area contributed by atoms with E-state index in [2.05, 4.69) is 15.1 Å². The third-order valence-electron chi connectivity index (χ3n) is 11.5.